The van der Waals surface area contributed by atoms with Crippen molar-refractivity contribution in [1.29, 1.82) is 0 Å². The van der Waals surface area contributed by atoms with Gasteiger partial charge in [-0.15, -0.1) is 24.8 Å². The molecule has 1 aliphatic rings. The highest BCUT2D eigenvalue weighted by Crippen LogP contribution is 2.17. The van der Waals surface area contributed by atoms with Gasteiger partial charge in [-0.2, -0.15) is 0 Å². The molecule has 4 nitrogen and oxygen atoms in total. The largest absolute Gasteiger partial charge is 0.344 e. The minimum atomic E-state index is 0. The lowest BCUT2D eigenvalue weighted by Gasteiger charge is -2.27. The van der Waals surface area contributed by atoms with Crippen LogP contribution in [0.4, 0.5) is 0 Å². The van der Waals surface area contributed by atoms with E-state index in [1.807, 2.05) is 19.0 Å². The van der Waals surface area contributed by atoms with E-state index in [-0.39, 0.29) is 30.7 Å². The van der Waals surface area contributed by atoms with Crippen LogP contribution < -0.4 is 5.32 Å². The molecule has 6 heteroatoms. The summed E-state index contributed by atoms with van der Waals surface area (Å²) in [7, 11) is 3.80. The molecule has 0 spiro atoms. The van der Waals surface area contributed by atoms with Crippen molar-refractivity contribution in [2.45, 2.75) is 32.2 Å². The van der Waals surface area contributed by atoms with Gasteiger partial charge in [0, 0.05) is 32.6 Å². The predicted molar refractivity (Wildman–Crippen MR) is 80.9 cm³/mol. The van der Waals surface area contributed by atoms with Gasteiger partial charge < -0.3 is 10.2 Å². The standard InChI is InChI=1S/C12H25N3O.2ClH/c1-4-15-9-5-6-11(15)10-14(3)12(16)7-8-13-2;;/h11,13H,4-10H2,1-3H3;2*1H. The number of nitrogens with one attached hydrogen (secondary N) is 1. The van der Waals surface area contributed by atoms with Crippen molar-refractivity contribution in [3.63, 3.8) is 0 Å². The predicted octanol–water partition coefficient (Wildman–Crippen LogP) is 1.38. The molecule has 18 heavy (non-hydrogen) atoms. The highest BCUT2D eigenvalue weighted by molar-refractivity contribution is 5.85. The molecule has 0 aliphatic carbocycles. The molecule has 0 saturated carbocycles. The maximum Gasteiger partial charge on any atom is 0.223 e. The van der Waals surface area contributed by atoms with Crippen molar-refractivity contribution in [3.8, 4) is 0 Å². The van der Waals surface area contributed by atoms with Crippen LogP contribution in [0.1, 0.15) is 26.2 Å². The smallest absolute Gasteiger partial charge is 0.223 e. The van der Waals surface area contributed by atoms with Crippen LogP contribution in [0, 0.1) is 0 Å². The average Bonchev–Trinajstić information content (AvgIpc) is 2.72. The van der Waals surface area contributed by atoms with Crippen LogP contribution in [0.3, 0.4) is 0 Å². The molecule has 0 radical (unpaired) electrons. The molecular formula is C12H27Cl2N3O. The normalized spacial score (nSPS) is 18.9. The number of nitrogens with zero attached hydrogens (tertiary/aromatic N) is 2. The van der Waals surface area contributed by atoms with Crippen molar-refractivity contribution in [2.24, 2.45) is 0 Å². The number of amides is 1. The SMILES string of the molecule is CCN1CCCC1CN(C)C(=O)CCNC.Cl.Cl. The molecule has 1 rings (SSSR count). The molecule has 1 fully saturated rings. The van der Waals surface area contributed by atoms with Crippen molar-refractivity contribution >= 4 is 30.7 Å². The van der Waals surface area contributed by atoms with E-state index in [0.717, 1.165) is 19.6 Å². The third-order valence-corrected chi connectivity index (χ3v) is 3.40. The summed E-state index contributed by atoms with van der Waals surface area (Å²) in [5.41, 5.74) is 0. The molecule has 0 bridgehead atoms. The third kappa shape index (κ3) is 6.23. The molecule has 110 valence electrons. The molecular weight excluding hydrogens is 273 g/mol. The zero-order valence-corrected chi connectivity index (χ0v) is 13.3. The Labute approximate surface area is 123 Å². The molecule has 1 saturated heterocycles. The number of hydrogen-bond acceptors (Lipinski definition) is 3. The molecule has 1 amide bonds. The minimum absolute atomic E-state index is 0. The maximum absolute atomic E-state index is 11.8. The summed E-state index contributed by atoms with van der Waals surface area (Å²) in [6.07, 6.45) is 3.11. The van der Waals surface area contributed by atoms with E-state index in [4.69, 9.17) is 0 Å². The zero-order valence-electron chi connectivity index (χ0n) is 11.6. The summed E-state index contributed by atoms with van der Waals surface area (Å²) in [6.45, 7) is 6.14. The summed E-state index contributed by atoms with van der Waals surface area (Å²) in [4.78, 5) is 16.1. The van der Waals surface area contributed by atoms with Crippen LogP contribution in [0.25, 0.3) is 0 Å². The number of carbonyl (C=O) groups excluding carboxylic acids is 1. The lowest BCUT2D eigenvalue weighted by atomic mass is 10.2. The first-order chi connectivity index (χ1) is 7.69. The molecule has 1 aliphatic heterocycles. The fourth-order valence-electron chi connectivity index (χ4n) is 2.36. The minimum Gasteiger partial charge on any atom is -0.344 e. The number of rotatable bonds is 6. The summed E-state index contributed by atoms with van der Waals surface area (Å²) < 4.78 is 0. The number of halogens is 2. The summed E-state index contributed by atoms with van der Waals surface area (Å²) >= 11 is 0. The van der Waals surface area contributed by atoms with Gasteiger partial charge in [0.2, 0.25) is 5.91 Å². The van der Waals surface area contributed by atoms with E-state index in [0.29, 0.717) is 12.5 Å². The third-order valence-electron chi connectivity index (χ3n) is 3.40. The van der Waals surface area contributed by atoms with Gasteiger partial charge in [-0.3, -0.25) is 9.69 Å². The summed E-state index contributed by atoms with van der Waals surface area (Å²) in [5.74, 6) is 0.248. The van der Waals surface area contributed by atoms with Crippen molar-refractivity contribution < 1.29 is 4.79 Å². The Hall–Kier alpha value is -0.0300. The number of likely N-dealkylation sites (N-methyl/N-ethyl adjacent to an activating group) is 2. The Kier molecular flexibility index (Phi) is 12.2. The quantitative estimate of drug-likeness (QED) is 0.805. The Morgan fingerprint density at radius 1 is 1.44 bits per heavy atom. The fourth-order valence-corrected chi connectivity index (χ4v) is 2.36. The second-order valence-electron chi connectivity index (χ2n) is 4.55. The molecule has 1 heterocycles. The lowest BCUT2D eigenvalue weighted by molar-refractivity contribution is -0.130. The van der Waals surface area contributed by atoms with E-state index in [1.54, 1.807) is 0 Å². The molecule has 1 unspecified atom stereocenters. The van der Waals surface area contributed by atoms with Gasteiger partial charge in [0.1, 0.15) is 0 Å². The van der Waals surface area contributed by atoms with Crippen molar-refractivity contribution in [2.75, 3.05) is 40.3 Å². The molecule has 0 aromatic rings. The van der Waals surface area contributed by atoms with E-state index < -0.39 is 0 Å². The monoisotopic (exact) mass is 299 g/mol. The van der Waals surface area contributed by atoms with Crippen LogP contribution in [-0.4, -0.2) is 62.0 Å². The Balaban J connectivity index is 0. The summed E-state index contributed by atoms with van der Waals surface area (Å²) in [6, 6.07) is 0.577. The molecule has 0 aromatic carbocycles. The van der Waals surface area contributed by atoms with Crippen molar-refractivity contribution in [1.82, 2.24) is 15.1 Å². The van der Waals surface area contributed by atoms with Gasteiger partial charge in [0.25, 0.3) is 0 Å². The fraction of sp³-hybridized carbons (Fsp3) is 0.917. The second-order valence-corrected chi connectivity index (χ2v) is 4.55. The van der Waals surface area contributed by atoms with Gasteiger partial charge in [0.15, 0.2) is 0 Å². The topological polar surface area (TPSA) is 35.6 Å². The van der Waals surface area contributed by atoms with Gasteiger partial charge in [-0.1, -0.05) is 6.92 Å². The van der Waals surface area contributed by atoms with E-state index in [1.165, 1.54) is 19.4 Å². The lowest BCUT2D eigenvalue weighted by Crippen LogP contribution is -2.41. The maximum atomic E-state index is 11.8. The second kappa shape index (κ2) is 10.9. The van der Waals surface area contributed by atoms with Crippen LogP contribution >= 0.6 is 24.8 Å². The summed E-state index contributed by atoms with van der Waals surface area (Å²) in [5, 5.41) is 3.01. The van der Waals surface area contributed by atoms with Gasteiger partial charge >= 0.3 is 0 Å². The molecule has 1 atom stereocenters. The van der Waals surface area contributed by atoms with Crippen LogP contribution in [0.2, 0.25) is 0 Å². The Bertz CT molecular complexity index is 229. The number of hydrogen-bond donors (Lipinski definition) is 1. The van der Waals surface area contributed by atoms with Gasteiger partial charge in [0.05, 0.1) is 0 Å². The highest BCUT2D eigenvalue weighted by atomic mass is 35.5. The van der Waals surface area contributed by atoms with Crippen molar-refractivity contribution in [3.05, 3.63) is 0 Å². The average molecular weight is 300 g/mol. The first-order valence-corrected chi connectivity index (χ1v) is 6.31. The van der Waals surface area contributed by atoms with Crippen LogP contribution in [0.5, 0.6) is 0 Å². The van der Waals surface area contributed by atoms with Gasteiger partial charge in [-0.25, -0.2) is 0 Å². The zero-order chi connectivity index (χ0) is 12.0. The Morgan fingerprint density at radius 3 is 2.67 bits per heavy atom. The van der Waals surface area contributed by atoms with E-state index >= 15 is 0 Å². The van der Waals surface area contributed by atoms with Gasteiger partial charge in [-0.05, 0) is 33.0 Å². The van der Waals surface area contributed by atoms with E-state index in [2.05, 4.69) is 17.1 Å². The van der Waals surface area contributed by atoms with Crippen LogP contribution in [0.15, 0.2) is 0 Å². The van der Waals surface area contributed by atoms with Crippen LogP contribution in [-0.2, 0) is 4.79 Å². The Morgan fingerprint density at radius 2 is 2.11 bits per heavy atom. The molecule has 0 aromatic heterocycles. The highest BCUT2D eigenvalue weighted by Gasteiger charge is 2.25. The number of carbonyl (C=O) groups is 1. The first-order valence-electron chi connectivity index (χ1n) is 6.31. The molecule has 1 N–H and O–H groups in total. The van der Waals surface area contributed by atoms with E-state index in [9.17, 15) is 4.79 Å². The first kappa shape index (κ1) is 20.3. The number of likely N-dealkylation sites (tertiary alicyclic amines) is 1.